The average Bonchev–Trinajstić information content (AvgIpc) is 2.90. The number of hydrogen-bond acceptors (Lipinski definition) is 3. The van der Waals surface area contributed by atoms with Crippen LogP contribution in [0.2, 0.25) is 0 Å². The van der Waals surface area contributed by atoms with Gasteiger partial charge in [-0.3, -0.25) is 9.48 Å². The van der Waals surface area contributed by atoms with E-state index in [1.54, 1.807) is 10.9 Å². The van der Waals surface area contributed by atoms with Crippen molar-refractivity contribution in [1.82, 2.24) is 15.1 Å². The molecule has 2 heterocycles. The Kier molecular flexibility index (Phi) is 3.41. The summed E-state index contributed by atoms with van der Waals surface area (Å²) in [5.74, 6) is -0.0416. The molecule has 5 heteroatoms. The van der Waals surface area contributed by atoms with Gasteiger partial charge in [0.25, 0.3) is 5.91 Å². The molecule has 3 rings (SSSR count). The summed E-state index contributed by atoms with van der Waals surface area (Å²) in [4.78, 5) is 12.3. The van der Waals surface area contributed by atoms with Gasteiger partial charge < -0.3 is 10.6 Å². The molecule has 1 aromatic heterocycles. The lowest BCUT2D eigenvalue weighted by molar-refractivity contribution is 0.0951. The van der Waals surface area contributed by atoms with Crippen molar-refractivity contribution in [3.8, 4) is 0 Å². The van der Waals surface area contributed by atoms with Crippen molar-refractivity contribution in [3.63, 3.8) is 0 Å². The number of nitrogens with one attached hydrogen (secondary N) is 2. The van der Waals surface area contributed by atoms with Crippen LogP contribution in [0.4, 0.5) is 5.69 Å². The van der Waals surface area contributed by atoms with E-state index in [2.05, 4.69) is 21.8 Å². The van der Waals surface area contributed by atoms with E-state index < -0.39 is 0 Å². The first-order valence-electron chi connectivity index (χ1n) is 6.85. The van der Waals surface area contributed by atoms with Crippen molar-refractivity contribution >= 4 is 11.6 Å². The zero-order valence-electron chi connectivity index (χ0n) is 11.5. The lowest BCUT2D eigenvalue weighted by Gasteiger charge is -2.20. The van der Waals surface area contributed by atoms with Crippen LogP contribution in [0.25, 0.3) is 0 Å². The highest BCUT2D eigenvalue weighted by Crippen LogP contribution is 2.25. The molecule has 0 unspecified atom stereocenters. The molecule has 0 saturated carbocycles. The third-order valence-corrected chi connectivity index (χ3v) is 3.53. The zero-order chi connectivity index (χ0) is 13.9. The van der Waals surface area contributed by atoms with Crippen molar-refractivity contribution in [1.29, 1.82) is 0 Å². The van der Waals surface area contributed by atoms with Gasteiger partial charge in [-0.15, -0.1) is 0 Å². The Bertz CT molecular complexity index is 633. The number of aromatic nitrogens is 2. The Morgan fingerprint density at radius 1 is 1.50 bits per heavy atom. The highest BCUT2D eigenvalue weighted by molar-refractivity contribution is 6.00. The van der Waals surface area contributed by atoms with Crippen LogP contribution in [0.1, 0.15) is 27.9 Å². The molecule has 2 aromatic rings. The fourth-order valence-electron chi connectivity index (χ4n) is 2.54. The summed E-state index contributed by atoms with van der Waals surface area (Å²) in [5, 5.41) is 10.4. The number of amides is 1. The molecule has 104 valence electrons. The molecule has 1 aliphatic rings. The van der Waals surface area contributed by atoms with Gasteiger partial charge in [-0.2, -0.15) is 5.10 Å². The standard InChI is InChI=1S/C15H18N4O/c1-19-10-11(9-18-19)8-17-15(20)13-6-2-4-12-5-3-7-16-14(12)13/h2,4,6,9-10,16H,3,5,7-8H2,1H3,(H,17,20). The number of carbonyl (C=O) groups excluding carboxylic acids is 1. The highest BCUT2D eigenvalue weighted by atomic mass is 16.1. The first-order chi connectivity index (χ1) is 9.74. The van der Waals surface area contributed by atoms with E-state index in [0.717, 1.165) is 36.2 Å². The van der Waals surface area contributed by atoms with Gasteiger partial charge in [-0.25, -0.2) is 0 Å². The lowest BCUT2D eigenvalue weighted by Crippen LogP contribution is -2.25. The molecule has 0 fully saturated rings. The van der Waals surface area contributed by atoms with Crippen LogP contribution in [0, 0.1) is 0 Å². The Hall–Kier alpha value is -2.30. The number of fused-ring (bicyclic) bond motifs is 1. The van der Waals surface area contributed by atoms with Crippen molar-refractivity contribution < 1.29 is 4.79 Å². The molecular weight excluding hydrogens is 252 g/mol. The van der Waals surface area contributed by atoms with E-state index in [-0.39, 0.29) is 5.91 Å². The van der Waals surface area contributed by atoms with E-state index in [4.69, 9.17) is 0 Å². The minimum absolute atomic E-state index is 0.0416. The Morgan fingerprint density at radius 3 is 3.20 bits per heavy atom. The molecule has 20 heavy (non-hydrogen) atoms. The van der Waals surface area contributed by atoms with Gasteiger partial charge in [-0.1, -0.05) is 12.1 Å². The molecule has 1 aromatic carbocycles. The first kappa shape index (κ1) is 12.7. The van der Waals surface area contributed by atoms with Gasteiger partial charge in [0.15, 0.2) is 0 Å². The molecule has 2 N–H and O–H groups in total. The van der Waals surface area contributed by atoms with Crippen molar-refractivity contribution in [2.24, 2.45) is 7.05 Å². The number of hydrogen-bond donors (Lipinski definition) is 2. The number of benzene rings is 1. The number of carbonyl (C=O) groups is 1. The van der Waals surface area contributed by atoms with E-state index in [0.29, 0.717) is 6.54 Å². The molecule has 0 aliphatic carbocycles. The summed E-state index contributed by atoms with van der Waals surface area (Å²) >= 11 is 0. The van der Waals surface area contributed by atoms with Crippen molar-refractivity contribution in [3.05, 3.63) is 47.3 Å². The summed E-state index contributed by atoms with van der Waals surface area (Å²) < 4.78 is 1.73. The van der Waals surface area contributed by atoms with Crippen LogP contribution >= 0.6 is 0 Å². The Balaban J connectivity index is 1.74. The van der Waals surface area contributed by atoms with Crippen LogP contribution < -0.4 is 10.6 Å². The van der Waals surface area contributed by atoms with Gasteiger partial charge >= 0.3 is 0 Å². The average molecular weight is 270 g/mol. The fourth-order valence-corrected chi connectivity index (χ4v) is 2.54. The molecule has 0 radical (unpaired) electrons. The van der Waals surface area contributed by atoms with Crippen molar-refractivity contribution in [2.45, 2.75) is 19.4 Å². The minimum Gasteiger partial charge on any atom is -0.384 e. The SMILES string of the molecule is Cn1cc(CNC(=O)c2cccc3c2NCCC3)cn1. The van der Waals surface area contributed by atoms with E-state index in [1.807, 2.05) is 25.4 Å². The molecule has 0 spiro atoms. The molecule has 0 atom stereocenters. The Morgan fingerprint density at radius 2 is 2.40 bits per heavy atom. The van der Waals surface area contributed by atoms with Crippen LogP contribution in [-0.2, 0) is 20.0 Å². The number of aryl methyl sites for hydroxylation is 2. The first-order valence-corrected chi connectivity index (χ1v) is 6.85. The topological polar surface area (TPSA) is 59.0 Å². The van der Waals surface area contributed by atoms with Gasteiger partial charge in [0.2, 0.25) is 0 Å². The van der Waals surface area contributed by atoms with Crippen LogP contribution in [0.15, 0.2) is 30.6 Å². The second kappa shape index (κ2) is 5.36. The third-order valence-electron chi connectivity index (χ3n) is 3.53. The summed E-state index contributed by atoms with van der Waals surface area (Å²) in [6.07, 6.45) is 5.82. The minimum atomic E-state index is -0.0416. The molecule has 0 saturated heterocycles. The Labute approximate surface area is 118 Å². The summed E-state index contributed by atoms with van der Waals surface area (Å²) in [7, 11) is 1.86. The fraction of sp³-hybridized carbons (Fsp3) is 0.333. The van der Waals surface area contributed by atoms with Gasteiger partial charge in [0.05, 0.1) is 17.4 Å². The van der Waals surface area contributed by atoms with E-state index >= 15 is 0 Å². The largest absolute Gasteiger partial charge is 0.384 e. The van der Waals surface area contributed by atoms with Crippen LogP contribution in [0.5, 0.6) is 0 Å². The molecule has 1 amide bonds. The molecule has 0 bridgehead atoms. The van der Waals surface area contributed by atoms with Crippen LogP contribution in [-0.4, -0.2) is 22.2 Å². The number of nitrogens with zero attached hydrogens (tertiary/aromatic N) is 2. The molecule has 5 nitrogen and oxygen atoms in total. The van der Waals surface area contributed by atoms with E-state index in [9.17, 15) is 4.79 Å². The number of para-hydroxylation sites is 1. The number of rotatable bonds is 3. The van der Waals surface area contributed by atoms with Gasteiger partial charge in [0, 0.05) is 31.9 Å². The predicted octanol–water partition coefficient (Wildman–Crippen LogP) is 1.71. The summed E-state index contributed by atoms with van der Waals surface area (Å²) in [5.41, 5.74) is 3.94. The zero-order valence-corrected chi connectivity index (χ0v) is 11.5. The second-order valence-corrected chi connectivity index (χ2v) is 5.07. The molecular formula is C15H18N4O. The van der Waals surface area contributed by atoms with Crippen molar-refractivity contribution in [2.75, 3.05) is 11.9 Å². The monoisotopic (exact) mass is 270 g/mol. The van der Waals surface area contributed by atoms with Gasteiger partial charge in [0.1, 0.15) is 0 Å². The van der Waals surface area contributed by atoms with E-state index in [1.165, 1.54) is 5.56 Å². The normalized spacial score (nSPS) is 13.4. The summed E-state index contributed by atoms with van der Waals surface area (Å²) in [6, 6.07) is 5.90. The maximum atomic E-state index is 12.3. The second-order valence-electron chi connectivity index (χ2n) is 5.07. The maximum Gasteiger partial charge on any atom is 0.253 e. The predicted molar refractivity (Wildman–Crippen MR) is 77.6 cm³/mol. The quantitative estimate of drug-likeness (QED) is 0.892. The number of anilines is 1. The smallest absolute Gasteiger partial charge is 0.253 e. The lowest BCUT2D eigenvalue weighted by atomic mass is 9.99. The maximum absolute atomic E-state index is 12.3. The van der Waals surface area contributed by atoms with Gasteiger partial charge in [-0.05, 0) is 24.5 Å². The molecule has 1 aliphatic heterocycles. The third kappa shape index (κ3) is 2.52. The highest BCUT2D eigenvalue weighted by Gasteiger charge is 2.17. The van der Waals surface area contributed by atoms with Crippen LogP contribution in [0.3, 0.4) is 0 Å². The summed E-state index contributed by atoms with van der Waals surface area (Å²) in [6.45, 7) is 1.43.